The molecular formula is C17H21ClN4O. The number of ether oxygens (including phenoxy) is 1. The van der Waals surface area contributed by atoms with E-state index in [0.29, 0.717) is 11.1 Å². The Labute approximate surface area is 141 Å². The van der Waals surface area contributed by atoms with E-state index >= 15 is 0 Å². The van der Waals surface area contributed by atoms with Crippen molar-refractivity contribution in [1.82, 2.24) is 20.3 Å². The van der Waals surface area contributed by atoms with Crippen LogP contribution in [0.1, 0.15) is 37.8 Å². The summed E-state index contributed by atoms with van der Waals surface area (Å²) in [5.74, 6) is 0. The number of aromatic nitrogens is 3. The van der Waals surface area contributed by atoms with Gasteiger partial charge in [-0.05, 0) is 56.4 Å². The lowest BCUT2D eigenvalue weighted by molar-refractivity contribution is -0.135. The van der Waals surface area contributed by atoms with Crippen molar-refractivity contribution in [2.75, 3.05) is 6.61 Å². The highest BCUT2D eigenvalue weighted by molar-refractivity contribution is 6.30. The second-order valence-electron chi connectivity index (χ2n) is 6.56. The minimum atomic E-state index is 0.177. The highest BCUT2D eigenvalue weighted by Gasteiger charge is 2.42. The third-order valence-corrected chi connectivity index (χ3v) is 5.18. The second-order valence-corrected chi connectivity index (χ2v) is 6.99. The fourth-order valence-corrected chi connectivity index (χ4v) is 3.57. The zero-order valence-corrected chi connectivity index (χ0v) is 13.8. The third kappa shape index (κ3) is 3.27. The molecule has 23 heavy (non-hydrogen) atoms. The molecule has 0 radical (unpaired) electrons. The van der Waals surface area contributed by atoms with E-state index in [4.69, 9.17) is 16.3 Å². The van der Waals surface area contributed by atoms with E-state index in [0.717, 1.165) is 37.4 Å². The van der Waals surface area contributed by atoms with E-state index in [1.54, 1.807) is 4.80 Å². The molecule has 0 amide bonds. The first kappa shape index (κ1) is 15.1. The van der Waals surface area contributed by atoms with Gasteiger partial charge < -0.3 is 10.1 Å². The van der Waals surface area contributed by atoms with Gasteiger partial charge in [0, 0.05) is 24.2 Å². The van der Waals surface area contributed by atoms with Gasteiger partial charge in [0.25, 0.3) is 0 Å². The summed E-state index contributed by atoms with van der Waals surface area (Å²) in [5, 5.41) is 13.2. The Bertz CT molecular complexity index is 665. The van der Waals surface area contributed by atoms with Crippen LogP contribution in [0, 0.1) is 0 Å². The standard InChI is InChI=1S/C17H21ClN4O/c18-13-2-4-16(5-3-13)22-20-12-15(21-22)11-19-14-6-9-23-17(10-14)7-1-8-17/h2-5,12,14,19H,1,6-11H2. The van der Waals surface area contributed by atoms with Gasteiger partial charge in [0.1, 0.15) is 0 Å². The Morgan fingerprint density at radius 3 is 2.87 bits per heavy atom. The van der Waals surface area contributed by atoms with Crippen molar-refractivity contribution in [3.05, 3.63) is 41.2 Å². The van der Waals surface area contributed by atoms with Gasteiger partial charge in [0.15, 0.2) is 0 Å². The van der Waals surface area contributed by atoms with Crippen LogP contribution < -0.4 is 5.32 Å². The van der Waals surface area contributed by atoms with Gasteiger partial charge in [-0.3, -0.25) is 0 Å². The summed E-state index contributed by atoms with van der Waals surface area (Å²) in [6, 6.07) is 8.04. The average Bonchev–Trinajstić information content (AvgIpc) is 3.01. The first-order valence-corrected chi connectivity index (χ1v) is 8.65. The van der Waals surface area contributed by atoms with Gasteiger partial charge in [-0.25, -0.2) is 0 Å². The summed E-state index contributed by atoms with van der Waals surface area (Å²) >= 11 is 5.91. The van der Waals surface area contributed by atoms with E-state index in [9.17, 15) is 0 Å². The lowest BCUT2D eigenvalue weighted by Gasteiger charge is -2.47. The predicted octanol–water partition coefficient (Wildman–Crippen LogP) is 3.11. The van der Waals surface area contributed by atoms with Gasteiger partial charge in [0.2, 0.25) is 0 Å². The molecular weight excluding hydrogens is 312 g/mol. The minimum absolute atomic E-state index is 0.177. The Balaban J connectivity index is 1.35. The summed E-state index contributed by atoms with van der Waals surface area (Å²) in [5.41, 5.74) is 2.05. The van der Waals surface area contributed by atoms with Crippen LogP contribution in [0.25, 0.3) is 5.69 Å². The molecule has 1 aliphatic carbocycles. The molecule has 1 aromatic carbocycles. The Kier molecular flexibility index (Phi) is 4.09. The highest BCUT2D eigenvalue weighted by Crippen LogP contribution is 2.42. The van der Waals surface area contributed by atoms with E-state index in [2.05, 4.69) is 15.5 Å². The topological polar surface area (TPSA) is 52.0 Å². The number of benzene rings is 1. The van der Waals surface area contributed by atoms with Crippen molar-refractivity contribution in [2.45, 2.75) is 50.3 Å². The maximum Gasteiger partial charge on any atom is 0.0969 e. The van der Waals surface area contributed by atoms with Crippen LogP contribution in [-0.4, -0.2) is 33.2 Å². The van der Waals surface area contributed by atoms with Gasteiger partial charge >= 0.3 is 0 Å². The molecule has 0 bridgehead atoms. The van der Waals surface area contributed by atoms with Gasteiger partial charge in [-0.15, -0.1) is 0 Å². The number of hydrogen-bond donors (Lipinski definition) is 1. The smallest absolute Gasteiger partial charge is 0.0969 e. The molecule has 2 aromatic rings. The van der Waals surface area contributed by atoms with Crippen LogP contribution in [-0.2, 0) is 11.3 Å². The maximum absolute atomic E-state index is 5.97. The summed E-state index contributed by atoms with van der Waals surface area (Å²) in [6.07, 6.45) is 7.77. The summed E-state index contributed by atoms with van der Waals surface area (Å²) in [6.45, 7) is 1.61. The van der Waals surface area contributed by atoms with E-state index in [1.165, 1.54) is 19.3 Å². The van der Waals surface area contributed by atoms with E-state index in [1.807, 2.05) is 30.5 Å². The number of halogens is 1. The van der Waals surface area contributed by atoms with Crippen LogP contribution in [0.2, 0.25) is 5.02 Å². The van der Waals surface area contributed by atoms with Crippen molar-refractivity contribution >= 4 is 11.6 Å². The van der Waals surface area contributed by atoms with Crippen molar-refractivity contribution < 1.29 is 4.74 Å². The molecule has 6 heteroatoms. The molecule has 5 nitrogen and oxygen atoms in total. The summed E-state index contributed by atoms with van der Waals surface area (Å²) in [7, 11) is 0. The monoisotopic (exact) mass is 332 g/mol. The molecule has 1 saturated heterocycles. The Morgan fingerprint density at radius 2 is 2.13 bits per heavy atom. The molecule has 122 valence electrons. The largest absolute Gasteiger partial charge is 0.375 e. The molecule has 1 unspecified atom stereocenters. The van der Waals surface area contributed by atoms with Crippen molar-refractivity contribution in [2.24, 2.45) is 0 Å². The predicted molar refractivity (Wildman–Crippen MR) is 88.8 cm³/mol. The minimum Gasteiger partial charge on any atom is -0.375 e. The van der Waals surface area contributed by atoms with E-state index in [-0.39, 0.29) is 5.60 Å². The van der Waals surface area contributed by atoms with Crippen LogP contribution in [0.15, 0.2) is 30.5 Å². The average molecular weight is 333 g/mol. The lowest BCUT2D eigenvalue weighted by Crippen LogP contribution is -2.50. The number of nitrogens with zero attached hydrogens (tertiary/aromatic N) is 3. The van der Waals surface area contributed by atoms with Crippen molar-refractivity contribution in [3.63, 3.8) is 0 Å². The van der Waals surface area contributed by atoms with Crippen molar-refractivity contribution in [1.29, 1.82) is 0 Å². The van der Waals surface area contributed by atoms with Gasteiger partial charge in [-0.2, -0.15) is 15.0 Å². The molecule has 1 spiro atoms. The van der Waals surface area contributed by atoms with Gasteiger partial charge in [-0.1, -0.05) is 11.6 Å². The third-order valence-electron chi connectivity index (χ3n) is 4.93. The highest BCUT2D eigenvalue weighted by atomic mass is 35.5. The van der Waals surface area contributed by atoms with E-state index < -0.39 is 0 Å². The van der Waals surface area contributed by atoms with Crippen LogP contribution in [0.3, 0.4) is 0 Å². The molecule has 1 N–H and O–H groups in total. The first-order chi connectivity index (χ1) is 11.2. The normalized spacial score (nSPS) is 22.9. The quantitative estimate of drug-likeness (QED) is 0.934. The molecule has 1 atom stereocenters. The molecule has 2 heterocycles. The Hall–Kier alpha value is -1.43. The van der Waals surface area contributed by atoms with Crippen LogP contribution in [0.5, 0.6) is 0 Å². The zero-order valence-electron chi connectivity index (χ0n) is 13.0. The molecule has 2 fully saturated rings. The van der Waals surface area contributed by atoms with Gasteiger partial charge in [0.05, 0.1) is 23.2 Å². The maximum atomic E-state index is 5.97. The molecule has 4 rings (SSSR count). The molecule has 1 aromatic heterocycles. The number of rotatable bonds is 4. The van der Waals surface area contributed by atoms with Crippen LogP contribution >= 0.6 is 11.6 Å². The first-order valence-electron chi connectivity index (χ1n) is 8.27. The van der Waals surface area contributed by atoms with Crippen molar-refractivity contribution in [3.8, 4) is 5.69 Å². The fraction of sp³-hybridized carbons (Fsp3) is 0.529. The fourth-order valence-electron chi connectivity index (χ4n) is 3.44. The number of hydrogen-bond acceptors (Lipinski definition) is 4. The molecule has 1 saturated carbocycles. The zero-order chi connectivity index (χ0) is 15.7. The summed E-state index contributed by atoms with van der Waals surface area (Å²) < 4.78 is 5.97. The lowest BCUT2D eigenvalue weighted by atomic mass is 9.74. The molecule has 1 aliphatic heterocycles. The summed E-state index contributed by atoms with van der Waals surface area (Å²) in [4.78, 5) is 1.64. The van der Waals surface area contributed by atoms with Crippen LogP contribution in [0.4, 0.5) is 0 Å². The number of nitrogens with one attached hydrogen (secondary N) is 1. The molecule has 2 aliphatic rings. The second kappa shape index (κ2) is 6.23. The SMILES string of the molecule is Clc1ccc(-n2ncc(CNC3CCOC4(CCC4)C3)n2)cc1. The Morgan fingerprint density at radius 1 is 1.30 bits per heavy atom.